The molecule has 2 N–H and O–H groups in total. The Kier molecular flexibility index (Phi) is 6.24. The van der Waals surface area contributed by atoms with E-state index in [1.807, 2.05) is 19.1 Å². The maximum Gasteiger partial charge on any atom is 0.270 e. The maximum atomic E-state index is 13.9. The first-order valence-electron chi connectivity index (χ1n) is 12.2. The van der Waals surface area contributed by atoms with Crippen molar-refractivity contribution in [3.05, 3.63) is 47.7 Å². The molecule has 3 aromatic rings. The molecule has 3 aromatic heterocycles. The van der Waals surface area contributed by atoms with Crippen LogP contribution in [0.25, 0.3) is 5.65 Å². The highest BCUT2D eigenvalue weighted by Gasteiger charge is 2.39. The van der Waals surface area contributed by atoms with Gasteiger partial charge in [0.1, 0.15) is 5.69 Å². The van der Waals surface area contributed by atoms with Crippen molar-refractivity contribution in [1.82, 2.24) is 35.0 Å². The monoisotopic (exact) mass is 485 g/mol. The summed E-state index contributed by atoms with van der Waals surface area (Å²) in [5.41, 5.74) is 2.36. The number of hydrogen-bond acceptors (Lipinski definition) is 5. The Morgan fingerprint density at radius 1 is 1.26 bits per heavy atom. The fourth-order valence-corrected chi connectivity index (χ4v) is 5.11. The molecule has 186 valence electrons. The topological polar surface area (TPSA) is 106 Å². The number of hydrogen-bond donors (Lipinski definition) is 2. The molecule has 0 spiro atoms. The number of alkyl halides is 2. The molecule has 4 heterocycles. The Morgan fingerprint density at radius 3 is 2.77 bits per heavy atom. The lowest BCUT2D eigenvalue weighted by atomic mass is 9.81. The van der Waals surface area contributed by atoms with Crippen LogP contribution in [0.3, 0.4) is 0 Å². The second-order valence-corrected chi connectivity index (χ2v) is 9.45. The average Bonchev–Trinajstić information content (AvgIpc) is 3.57. The molecule has 2 fully saturated rings. The van der Waals surface area contributed by atoms with Crippen molar-refractivity contribution in [3.8, 4) is 0 Å². The maximum absolute atomic E-state index is 13.9. The van der Waals surface area contributed by atoms with E-state index in [4.69, 9.17) is 0 Å². The zero-order chi connectivity index (χ0) is 24.6. The van der Waals surface area contributed by atoms with Gasteiger partial charge in [0.15, 0.2) is 5.65 Å². The number of nitrogens with one attached hydrogen (secondary N) is 2. The van der Waals surface area contributed by atoms with Crippen LogP contribution in [-0.4, -0.2) is 48.7 Å². The summed E-state index contributed by atoms with van der Waals surface area (Å²) in [5, 5.41) is 14.7. The van der Waals surface area contributed by atoms with E-state index in [1.54, 1.807) is 27.7 Å². The van der Waals surface area contributed by atoms with E-state index in [9.17, 15) is 18.4 Å². The van der Waals surface area contributed by atoms with Gasteiger partial charge in [0.05, 0.1) is 23.6 Å². The normalized spacial score (nSPS) is 21.2. The van der Waals surface area contributed by atoms with Crippen LogP contribution < -0.4 is 10.6 Å². The number of amides is 2. The van der Waals surface area contributed by atoms with Crippen LogP contribution in [-0.2, 0) is 17.8 Å². The van der Waals surface area contributed by atoms with E-state index in [1.165, 1.54) is 0 Å². The van der Waals surface area contributed by atoms with Gasteiger partial charge in [0, 0.05) is 44.5 Å². The molecule has 35 heavy (non-hydrogen) atoms. The number of nitrogens with zero attached hydrogens (tertiary/aromatic N) is 5. The van der Waals surface area contributed by atoms with Crippen LogP contribution in [0.2, 0.25) is 0 Å². The summed E-state index contributed by atoms with van der Waals surface area (Å²) in [6.45, 7) is 3.11. The molecule has 0 aromatic carbocycles. The zero-order valence-corrected chi connectivity index (χ0v) is 19.6. The van der Waals surface area contributed by atoms with Gasteiger partial charge in [-0.05, 0) is 50.3 Å². The van der Waals surface area contributed by atoms with Crippen molar-refractivity contribution in [1.29, 1.82) is 0 Å². The Morgan fingerprint density at radius 2 is 2.06 bits per heavy atom. The minimum absolute atomic E-state index is 0.0430. The largest absolute Gasteiger partial charge is 0.356 e. The summed E-state index contributed by atoms with van der Waals surface area (Å²) in [5.74, 6) is -3.22. The van der Waals surface area contributed by atoms with Crippen molar-refractivity contribution in [2.45, 2.75) is 64.0 Å². The van der Waals surface area contributed by atoms with Crippen molar-refractivity contribution in [2.24, 2.45) is 11.8 Å². The minimum atomic E-state index is -2.67. The summed E-state index contributed by atoms with van der Waals surface area (Å²) in [6, 6.07) is 4.79. The van der Waals surface area contributed by atoms with Gasteiger partial charge in [0.2, 0.25) is 11.8 Å². The Balaban J connectivity index is 1.42. The molecule has 1 saturated heterocycles. The number of aromatic nitrogens is 5. The number of halogens is 2. The molecule has 1 aliphatic carbocycles. The van der Waals surface area contributed by atoms with E-state index >= 15 is 0 Å². The molecular formula is C24H29F2N7O2. The summed E-state index contributed by atoms with van der Waals surface area (Å²) < 4.78 is 31.0. The Bertz CT molecular complexity index is 1230. The highest BCUT2D eigenvalue weighted by atomic mass is 19.3. The average molecular weight is 486 g/mol. The van der Waals surface area contributed by atoms with Gasteiger partial charge >= 0.3 is 0 Å². The number of fused-ring (bicyclic) bond motifs is 1. The second kappa shape index (κ2) is 9.35. The molecule has 9 nitrogen and oxygen atoms in total. The molecule has 2 atom stereocenters. The fraction of sp³-hybridized carbons (Fsp3) is 0.542. The van der Waals surface area contributed by atoms with Crippen molar-refractivity contribution in [3.63, 3.8) is 0 Å². The summed E-state index contributed by atoms with van der Waals surface area (Å²) >= 11 is 0. The fourth-order valence-electron chi connectivity index (χ4n) is 5.11. The quantitative estimate of drug-likeness (QED) is 0.535. The molecule has 5 rings (SSSR count). The SMILES string of the molecule is CCn1nccc1C(=O)N[C@H](c1cn2nc(CC3CCNC3=O)ccc2n1)C1CCC(F)(F)CC1. The smallest absolute Gasteiger partial charge is 0.270 e. The number of aryl methyl sites for hydroxylation is 1. The number of carbonyl (C=O) groups is 2. The molecule has 1 aliphatic heterocycles. The van der Waals surface area contributed by atoms with E-state index in [0.29, 0.717) is 36.5 Å². The van der Waals surface area contributed by atoms with E-state index in [2.05, 4.69) is 25.8 Å². The van der Waals surface area contributed by atoms with Gasteiger partial charge in [-0.1, -0.05) is 0 Å². The summed E-state index contributed by atoms with van der Waals surface area (Å²) in [6.07, 6.45) is 4.78. The first kappa shape index (κ1) is 23.4. The lowest BCUT2D eigenvalue weighted by Gasteiger charge is -2.33. The molecule has 1 unspecified atom stereocenters. The minimum Gasteiger partial charge on any atom is -0.356 e. The van der Waals surface area contributed by atoms with Crippen molar-refractivity contribution < 1.29 is 18.4 Å². The Hall–Kier alpha value is -3.37. The van der Waals surface area contributed by atoms with E-state index in [0.717, 1.165) is 12.1 Å². The lowest BCUT2D eigenvalue weighted by molar-refractivity contribution is -0.122. The standard InChI is InChI=1S/C24H29F2N7O2/c1-2-32-19(8-12-28-32)23(35)30-21(15-5-9-24(25,26)10-6-15)18-14-33-20(29-18)4-3-17(31-33)13-16-7-11-27-22(16)34/h3-4,8,12,14-16,21H,2,5-7,9-11,13H2,1H3,(H,27,34)(H,30,35)/t16?,21-/m0/s1. The molecule has 11 heteroatoms. The molecule has 1 saturated carbocycles. The lowest BCUT2D eigenvalue weighted by Crippen LogP contribution is -2.38. The molecule has 2 amide bonds. The van der Waals surface area contributed by atoms with Crippen LogP contribution in [0.1, 0.15) is 66.9 Å². The summed E-state index contributed by atoms with van der Waals surface area (Å²) in [4.78, 5) is 29.8. The van der Waals surface area contributed by atoms with Gasteiger partial charge in [-0.3, -0.25) is 14.3 Å². The van der Waals surface area contributed by atoms with Gasteiger partial charge in [-0.25, -0.2) is 18.3 Å². The van der Waals surface area contributed by atoms with Crippen LogP contribution in [0.4, 0.5) is 8.78 Å². The van der Waals surface area contributed by atoms with Gasteiger partial charge in [-0.15, -0.1) is 0 Å². The number of imidazole rings is 1. The summed E-state index contributed by atoms with van der Waals surface area (Å²) in [7, 11) is 0. The van der Waals surface area contributed by atoms with Crippen LogP contribution in [0.15, 0.2) is 30.6 Å². The van der Waals surface area contributed by atoms with Gasteiger partial charge < -0.3 is 10.6 Å². The first-order chi connectivity index (χ1) is 16.8. The highest BCUT2D eigenvalue weighted by molar-refractivity contribution is 5.92. The van der Waals surface area contributed by atoms with Crippen molar-refractivity contribution >= 4 is 17.5 Å². The predicted molar refractivity (Wildman–Crippen MR) is 123 cm³/mol. The molecule has 0 radical (unpaired) electrons. The predicted octanol–water partition coefficient (Wildman–Crippen LogP) is 2.92. The molecule has 2 aliphatic rings. The first-order valence-corrected chi connectivity index (χ1v) is 12.2. The number of rotatable bonds is 7. The van der Waals surface area contributed by atoms with Gasteiger partial charge in [0.25, 0.3) is 5.91 Å². The van der Waals surface area contributed by atoms with Crippen LogP contribution in [0.5, 0.6) is 0 Å². The van der Waals surface area contributed by atoms with E-state index < -0.39 is 12.0 Å². The highest BCUT2D eigenvalue weighted by Crippen LogP contribution is 2.41. The molecule has 0 bridgehead atoms. The van der Waals surface area contributed by atoms with Gasteiger partial charge in [-0.2, -0.15) is 10.2 Å². The van der Waals surface area contributed by atoms with Crippen LogP contribution >= 0.6 is 0 Å². The third kappa shape index (κ3) is 4.89. The van der Waals surface area contributed by atoms with Crippen molar-refractivity contribution in [2.75, 3.05) is 6.54 Å². The zero-order valence-electron chi connectivity index (χ0n) is 19.6. The van der Waals surface area contributed by atoms with Crippen LogP contribution in [0, 0.1) is 11.8 Å². The number of carbonyl (C=O) groups excluding carboxylic acids is 2. The molecular weight excluding hydrogens is 456 g/mol. The van der Waals surface area contributed by atoms with E-state index in [-0.39, 0.29) is 49.3 Å². The third-order valence-electron chi connectivity index (χ3n) is 7.10. The Labute approximate surface area is 201 Å². The second-order valence-electron chi connectivity index (χ2n) is 9.45. The third-order valence-corrected chi connectivity index (χ3v) is 7.10.